The lowest BCUT2D eigenvalue weighted by Crippen LogP contribution is -2.32. The minimum atomic E-state index is -0.948. The Hall–Kier alpha value is -2.44. The minimum absolute atomic E-state index is 0.0633. The molecule has 0 bridgehead atoms. The first-order chi connectivity index (χ1) is 10.5. The van der Waals surface area contributed by atoms with Crippen LogP contribution in [0.1, 0.15) is 47.3 Å². The topological polar surface area (TPSA) is 110 Å². The van der Waals surface area contributed by atoms with E-state index >= 15 is 0 Å². The Kier molecular flexibility index (Phi) is 5.47. The predicted molar refractivity (Wildman–Crippen MR) is 85.7 cm³/mol. The number of amides is 1. The van der Waals surface area contributed by atoms with Gasteiger partial charge in [-0.2, -0.15) is 0 Å². The molecule has 0 fully saturated rings. The number of aryl methyl sites for hydroxylation is 2. The van der Waals surface area contributed by atoms with Crippen LogP contribution in [0.2, 0.25) is 0 Å². The molecule has 23 heavy (non-hydrogen) atoms. The lowest BCUT2D eigenvalue weighted by atomic mass is 9.89. The van der Waals surface area contributed by atoms with Gasteiger partial charge in [0.2, 0.25) is 0 Å². The summed E-state index contributed by atoms with van der Waals surface area (Å²) in [4.78, 5) is 34.1. The summed E-state index contributed by atoms with van der Waals surface area (Å²) in [7, 11) is 0. The molecule has 0 unspecified atom stereocenters. The molecule has 0 aliphatic rings. The van der Waals surface area contributed by atoms with E-state index in [1.54, 1.807) is 40.7 Å². The standard InChI is InChI=1S/C16H22N2O5/c1-9-8-10(2)13(18(22)23)11(3)12(9)14(19)17-7-6-16(4,5)15(20)21/h8H,6-7H2,1-5H3,(H,17,19)(H,20,21). The molecule has 1 rings (SSSR count). The number of hydrogen-bond acceptors (Lipinski definition) is 4. The smallest absolute Gasteiger partial charge is 0.309 e. The fourth-order valence-corrected chi connectivity index (χ4v) is 2.49. The zero-order valence-electron chi connectivity index (χ0n) is 14.0. The number of benzene rings is 1. The Morgan fingerprint density at radius 3 is 2.30 bits per heavy atom. The van der Waals surface area contributed by atoms with Crippen molar-refractivity contribution in [2.75, 3.05) is 6.54 Å². The summed E-state index contributed by atoms with van der Waals surface area (Å²) < 4.78 is 0. The Balaban J connectivity index is 2.99. The highest BCUT2D eigenvalue weighted by Crippen LogP contribution is 2.28. The number of nitrogens with one attached hydrogen (secondary N) is 1. The van der Waals surface area contributed by atoms with Gasteiger partial charge in [0.1, 0.15) is 0 Å². The third-order valence-corrected chi connectivity index (χ3v) is 3.96. The minimum Gasteiger partial charge on any atom is -0.481 e. The largest absolute Gasteiger partial charge is 0.481 e. The Labute approximate surface area is 134 Å². The van der Waals surface area contributed by atoms with E-state index in [-0.39, 0.29) is 24.2 Å². The summed E-state index contributed by atoms with van der Waals surface area (Å²) in [5.41, 5.74) is 0.745. The number of nitro groups is 1. The lowest BCUT2D eigenvalue weighted by molar-refractivity contribution is -0.386. The molecule has 0 saturated carbocycles. The third-order valence-electron chi connectivity index (χ3n) is 3.96. The molecule has 0 radical (unpaired) electrons. The van der Waals surface area contributed by atoms with Gasteiger partial charge in [-0.15, -0.1) is 0 Å². The number of carbonyl (C=O) groups excluding carboxylic acids is 1. The van der Waals surface area contributed by atoms with Gasteiger partial charge < -0.3 is 10.4 Å². The van der Waals surface area contributed by atoms with Crippen LogP contribution in [0.25, 0.3) is 0 Å². The molecule has 0 aromatic heterocycles. The Morgan fingerprint density at radius 2 is 1.83 bits per heavy atom. The molecule has 0 aliphatic heterocycles. The van der Waals surface area contributed by atoms with Crippen molar-refractivity contribution in [1.29, 1.82) is 0 Å². The molecule has 0 aliphatic carbocycles. The number of rotatable bonds is 6. The first kappa shape index (κ1) is 18.6. The molecule has 0 saturated heterocycles. The molecule has 7 nitrogen and oxygen atoms in total. The van der Waals surface area contributed by atoms with Crippen molar-refractivity contribution >= 4 is 17.6 Å². The van der Waals surface area contributed by atoms with Crippen LogP contribution in [0.3, 0.4) is 0 Å². The van der Waals surface area contributed by atoms with E-state index in [1.165, 1.54) is 0 Å². The number of carboxylic acid groups (broad SMARTS) is 1. The van der Waals surface area contributed by atoms with E-state index in [1.807, 2.05) is 0 Å². The summed E-state index contributed by atoms with van der Waals surface area (Å²) >= 11 is 0. The molecular weight excluding hydrogens is 300 g/mol. The van der Waals surface area contributed by atoms with Gasteiger partial charge in [0.05, 0.1) is 15.9 Å². The van der Waals surface area contributed by atoms with Crippen LogP contribution in [0.5, 0.6) is 0 Å². The van der Waals surface area contributed by atoms with Crippen LogP contribution < -0.4 is 5.32 Å². The second-order valence-corrected chi connectivity index (χ2v) is 6.31. The fraction of sp³-hybridized carbons (Fsp3) is 0.500. The monoisotopic (exact) mass is 322 g/mol. The van der Waals surface area contributed by atoms with Crippen molar-refractivity contribution in [2.24, 2.45) is 5.41 Å². The fourth-order valence-electron chi connectivity index (χ4n) is 2.49. The van der Waals surface area contributed by atoms with Gasteiger partial charge in [-0.1, -0.05) is 0 Å². The van der Waals surface area contributed by atoms with Gasteiger partial charge in [-0.25, -0.2) is 0 Å². The van der Waals surface area contributed by atoms with Crippen LogP contribution in [0, 0.1) is 36.3 Å². The number of carbonyl (C=O) groups is 2. The Bertz CT molecular complexity index is 665. The molecule has 2 N–H and O–H groups in total. The molecular formula is C16H22N2O5. The highest BCUT2D eigenvalue weighted by atomic mass is 16.6. The Morgan fingerprint density at radius 1 is 1.26 bits per heavy atom. The van der Waals surface area contributed by atoms with Gasteiger partial charge in [0.15, 0.2) is 0 Å². The number of carboxylic acids is 1. The van der Waals surface area contributed by atoms with Crippen molar-refractivity contribution in [1.82, 2.24) is 5.32 Å². The second kappa shape index (κ2) is 6.76. The normalized spacial score (nSPS) is 11.2. The van der Waals surface area contributed by atoms with Gasteiger partial charge in [0, 0.05) is 17.7 Å². The third kappa shape index (κ3) is 4.06. The maximum Gasteiger partial charge on any atom is 0.309 e. The van der Waals surface area contributed by atoms with Crippen LogP contribution in [-0.2, 0) is 4.79 Å². The number of nitrogens with zero attached hydrogens (tertiary/aromatic N) is 1. The summed E-state index contributed by atoms with van der Waals surface area (Å²) in [6.45, 7) is 8.24. The molecule has 126 valence electrons. The van der Waals surface area contributed by atoms with Crippen LogP contribution in [0.15, 0.2) is 6.07 Å². The molecule has 7 heteroatoms. The maximum atomic E-state index is 12.3. The number of nitro benzene ring substituents is 1. The van der Waals surface area contributed by atoms with Crippen molar-refractivity contribution in [3.8, 4) is 0 Å². The van der Waals surface area contributed by atoms with Crippen LogP contribution in [0.4, 0.5) is 5.69 Å². The average molecular weight is 322 g/mol. The first-order valence-corrected chi connectivity index (χ1v) is 7.26. The summed E-state index contributed by atoms with van der Waals surface area (Å²) in [6.07, 6.45) is 0.264. The molecule has 1 aromatic carbocycles. The molecule has 1 aromatic rings. The van der Waals surface area contributed by atoms with Gasteiger partial charge in [-0.3, -0.25) is 19.7 Å². The zero-order valence-corrected chi connectivity index (χ0v) is 14.0. The van der Waals surface area contributed by atoms with Crippen molar-refractivity contribution < 1.29 is 19.6 Å². The number of aliphatic carboxylic acids is 1. The second-order valence-electron chi connectivity index (χ2n) is 6.31. The van der Waals surface area contributed by atoms with E-state index in [2.05, 4.69) is 5.32 Å². The lowest BCUT2D eigenvalue weighted by Gasteiger charge is -2.19. The van der Waals surface area contributed by atoms with Crippen LogP contribution >= 0.6 is 0 Å². The molecule has 0 heterocycles. The maximum absolute atomic E-state index is 12.3. The molecule has 1 amide bonds. The highest BCUT2D eigenvalue weighted by molar-refractivity contribution is 5.98. The summed E-state index contributed by atoms with van der Waals surface area (Å²) in [6, 6.07) is 1.61. The van der Waals surface area contributed by atoms with Gasteiger partial charge in [-0.05, 0) is 52.7 Å². The number of hydrogen-bond donors (Lipinski definition) is 2. The van der Waals surface area contributed by atoms with E-state index in [9.17, 15) is 19.7 Å². The van der Waals surface area contributed by atoms with Crippen molar-refractivity contribution in [2.45, 2.75) is 41.0 Å². The van der Waals surface area contributed by atoms with Crippen molar-refractivity contribution in [3.63, 3.8) is 0 Å². The average Bonchev–Trinajstić information content (AvgIpc) is 2.36. The van der Waals surface area contributed by atoms with E-state index in [4.69, 9.17) is 5.11 Å². The van der Waals surface area contributed by atoms with E-state index in [0.717, 1.165) is 0 Å². The first-order valence-electron chi connectivity index (χ1n) is 7.26. The van der Waals surface area contributed by atoms with Crippen molar-refractivity contribution in [3.05, 3.63) is 38.4 Å². The molecule has 0 atom stereocenters. The van der Waals surface area contributed by atoms with E-state index in [0.29, 0.717) is 16.7 Å². The van der Waals surface area contributed by atoms with Crippen LogP contribution in [-0.4, -0.2) is 28.5 Å². The van der Waals surface area contributed by atoms with Gasteiger partial charge in [0.25, 0.3) is 11.6 Å². The highest BCUT2D eigenvalue weighted by Gasteiger charge is 2.27. The molecule has 0 spiro atoms. The predicted octanol–water partition coefficient (Wildman–Crippen LogP) is 2.75. The zero-order chi connectivity index (χ0) is 17.9. The van der Waals surface area contributed by atoms with E-state index < -0.39 is 22.2 Å². The van der Waals surface area contributed by atoms with Gasteiger partial charge >= 0.3 is 5.97 Å². The summed E-state index contributed by atoms with van der Waals surface area (Å²) in [5, 5.41) is 22.9. The summed E-state index contributed by atoms with van der Waals surface area (Å²) in [5.74, 6) is -1.37. The SMILES string of the molecule is Cc1cc(C)c([N+](=O)[O-])c(C)c1C(=O)NCCC(C)(C)C(=O)O. The quantitative estimate of drug-likeness (QED) is 0.618.